The van der Waals surface area contributed by atoms with E-state index in [9.17, 15) is 9.59 Å². The Morgan fingerprint density at radius 2 is 1.81 bits per heavy atom. The third-order valence-corrected chi connectivity index (χ3v) is 4.54. The van der Waals surface area contributed by atoms with Crippen molar-refractivity contribution in [2.45, 2.75) is 64.3 Å². The molecule has 0 bridgehead atoms. The van der Waals surface area contributed by atoms with Gasteiger partial charge in [-0.2, -0.15) is 0 Å². The van der Waals surface area contributed by atoms with Crippen molar-refractivity contribution >= 4 is 11.8 Å². The minimum atomic E-state index is -0.214. The summed E-state index contributed by atoms with van der Waals surface area (Å²) in [5.41, 5.74) is 0. The van der Waals surface area contributed by atoms with E-state index in [1.54, 1.807) is 6.08 Å². The monoisotopic (exact) mass is 293 g/mol. The van der Waals surface area contributed by atoms with Crippen LogP contribution in [0.5, 0.6) is 0 Å². The number of carbonyl (C=O) groups is 2. The van der Waals surface area contributed by atoms with Gasteiger partial charge in [0.15, 0.2) is 5.78 Å². The van der Waals surface area contributed by atoms with E-state index in [0.717, 1.165) is 38.6 Å². The van der Waals surface area contributed by atoms with Gasteiger partial charge < -0.3 is 9.64 Å². The lowest BCUT2D eigenvalue weighted by Crippen LogP contribution is -2.42. The number of likely N-dealkylation sites (tertiary alicyclic amines) is 1. The van der Waals surface area contributed by atoms with Crippen LogP contribution in [0.25, 0.3) is 0 Å². The molecule has 118 valence electrons. The molecule has 1 unspecified atom stereocenters. The molecular formula is C17H27NO3. The summed E-state index contributed by atoms with van der Waals surface area (Å²) < 4.78 is 5.14. The minimum Gasteiger partial charge on any atom is -0.464 e. The molecule has 0 aromatic carbocycles. The molecule has 0 amide bonds. The van der Waals surface area contributed by atoms with Gasteiger partial charge in [0, 0.05) is 18.7 Å². The Labute approximate surface area is 127 Å². The van der Waals surface area contributed by atoms with Crippen molar-refractivity contribution < 1.29 is 14.3 Å². The number of piperidine rings is 1. The fraction of sp³-hybridized carbons (Fsp3) is 0.765. The number of hydrogen-bond acceptors (Lipinski definition) is 4. The standard InChI is InChI=1S/C17H27NO3/c1-2-21-17(20)15-10-6-7-12-18(15)13-11-16(19)14-8-4-3-5-9-14/h11,13-15H,2-10,12H2,1H3/b13-11+. The summed E-state index contributed by atoms with van der Waals surface area (Å²) in [5.74, 6) is 0.260. The van der Waals surface area contributed by atoms with E-state index in [1.165, 1.54) is 19.3 Å². The topological polar surface area (TPSA) is 46.6 Å². The van der Waals surface area contributed by atoms with Gasteiger partial charge in [0.05, 0.1) is 6.61 Å². The lowest BCUT2D eigenvalue weighted by atomic mass is 9.86. The van der Waals surface area contributed by atoms with Crippen LogP contribution in [0.2, 0.25) is 0 Å². The SMILES string of the molecule is CCOC(=O)C1CCCCN1/C=C/C(=O)C1CCCCC1. The Morgan fingerprint density at radius 3 is 2.52 bits per heavy atom. The molecule has 2 aliphatic rings. The Balaban J connectivity index is 1.92. The van der Waals surface area contributed by atoms with Crippen LogP contribution in [-0.4, -0.2) is 35.8 Å². The van der Waals surface area contributed by atoms with Gasteiger partial charge in [0.2, 0.25) is 0 Å². The third kappa shape index (κ3) is 4.58. The Morgan fingerprint density at radius 1 is 1.10 bits per heavy atom. The maximum Gasteiger partial charge on any atom is 0.328 e. The second-order valence-electron chi connectivity index (χ2n) is 6.05. The van der Waals surface area contributed by atoms with Crippen LogP contribution < -0.4 is 0 Å². The van der Waals surface area contributed by atoms with Gasteiger partial charge in [0.25, 0.3) is 0 Å². The first kappa shape index (κ1) is 16.1. The van der Waals surface area contributed by atoms with Gasteiger partial charge in [-0.05, 0) is 45.1 Å². The lowest BCUT2D eigenvalue weighted by molar-refractivity contribution is -0.149. The van der Waals surface area contributed by atoms with E-state index < -0.39 is 0 Å². The Kier molecular flexibility index (Phi) is 6.27. The Bertz CT molecular complexity index is 385. The molecule has 4 nitrogen and oxygen atoms in total. The number of esters is 1. The van der Waals surface area contributed by atoms with E-state index in [4.69, 9.17) is 4.74 Å². The van der Waals surface area contributed by atoms with E-state index in [0.29, 0.717) is 6.61 Å². The van der Waals surface area contributed by atoms with Crippen LogP contribution in [-0.2, 0) is 14.3 Å². The van der Waals surface area contributed by atoms with Crippen LogP contribution >= 0.6 is 0 Å². The van der Waals surface area contributed by atoms with E-state index in [1.807, 2.05) is 18.0 Å². The molecule has 0 aromatic rings. The number of ether oxygens (including phenoxy) is 1. The highest BCUT2D eigenvalue weighted by Crippen LogP contribution is 2.25. The Hall–Kier alpha value is -1.32. The highest BCUT2D eigenvalue weighted by atomic mass is 16.5. The molecular weight excluding hydrogens is 266 g/mol. The normalized spacial score (nSPS) is 24.2. The fourth-order valence-corrected chi connectivity index (χ4v) is 3.32. The molecule has 2 rings (SSSR count). The average molecular weight is 293 g/mol. The fourth-order valence-electron chi connectivity index (χ4n) is 3.32. The molecule has 4 heteroatoms. The van der Waals surface area contributed by atoms with Crippen molar-refractivity contribution in [3.05, 3.63) is 12.3 Å². The molecule has 1 heterocycles. The third-order valence-electron chi connectivity index (χ3n) is 4.54. The zero-order valence-corrected chi connectivity index (χ0v) is 13.1. The average Bonchev–Trinajstić information content (AvgIpc) is 2.54. The molecule has 1 aliphatic heterocycles. The minimum absolute atomic E-state index is 0.160. The summed E-state index contributed by atoms with van der Waals surface area (Å²) in [6.45, 7) is 3.07. The molecule has 1 saturated heterocycles. The molecule has 1 saturated carbocycles. The number of ketones is 1. The summed E-state index contributed by atoms with van der Waals surface area (Å²) in [6, 6.07) is -0.214. The predicted octanol–water partition coefficient (Wildman–Crippen LogP) is 3.07. The quantitative estimate of drug-likeness (QED) is 0.577. The first-order valence-corrected chi connectivity index (χ1v) is 8.36. The first-order valence-electron chi connectivity index (χ1n) is 8.36. The largest absolute Gasteiger partial charge is 0.464 e. The van der Waals surface area contributed by atoms with E-state index in [2.05, 4.69) is 0 Å². The zero-order chi connectivity index (χ0) is 15.1. The maximum absolute atomic E-state index is 12.2. The summed E-state index contributed by atoms with van der Waals surface area (Å²) in [7, 11) is 0. The van der Waals surface area contributed by atoms with Crippen molar-refractivity contribution in [2.24, 2.45) is 5.92 Å². The van der Waals surface area contributed by atoms with E-state index >= 15 is 0 Å². The van der Waals surface area contributed by atoms with Crippen molar-refractivity contribution in [2.75, 3.05) is 13.2 Å². The van der Waals surface area contributed by atoms with Crippen LogP contribution in [0.3, 0.4) is 0 Å². The van der Waals surface area contributed by atoms with Crippen LogP contribution in [0.1, 0.15) is 58.3 Å². The van der Waals surface area contributed by atoms with Crippen molar-refractivity contribution in [1.82, 2.24) is 4.90 Å². The number of allylic oxidation sites excluding steroid dienone is 1. The van der Waals surface area contributed by atoms with Gasteiger partial charge in [-0.3, -0.25) is 4.79 Å². The number of nitrogens with zero attached hydrogens (tertiary/aromatic N) is 1. The molecule has 0 N–H and O–H groups in total. The van der Waals surface area contributed by atoms with Gasteiger partial charge in [0.1, 0.15) is 6.04 Å². The van der Waals surface area contributed by atoms with Gasteiger partial charge in [-0.15, -0.1) is 0 Å². The maximum atomic E-state index is 12.2. The van der Waals surface area contributed by atoms with Crippen LogP contribution in [0.15, 0.2) is 12.3 Å². The van der Waals surface area contributed by atoms with Crippen LogP contribution in [0.4, 0.5) is 0 Å². The number of carbonyl (C=O) groups excluding carboxylic acids is 2. The molecule has 21 heavy (non-hydrogen) atoms. The van der Waals surface area contributed by atoms with Gasteiger partial charge in [-0.25, -0.2) is 4.79 Å². The summed E-state index contributed by atoms with van der Waals surface area (Å²) in [4.78, 5) is 26.2. The van der Waals surface area contributed by atoms with E-state index in [-0.39, 0.29) is 23.7 Å². The molecule has 0 radical (unpaired) electrons. The highest BCUT2D eigenvalue weighted by molar-refractivity contribution is 5.91. The van der Waals surface area contributed by atoms with Crippen molar-refractivity contribution in [1.29, 1.82) is 0 Å². The smallest absolute Gasteiger partial charge is 0.328 e. The van der Waals surface area contributed by atoms with Crippen molar-refractivity contribution in [3.8, 4) is 0 Å². The van der Waals surface area contributed by atoms with Crippen molar-refractivity contribution in [3.63, 3.8) is 0 Å². The highest BCUT2D eigenvalue weighted by Gasteiger charge is 2.28. The molecule has 0 spiro atoms. The second kappa shape index (κ2) is 8.20. The number of rotatable bonds is 5. The van der Waals surface area contributed by atoms with Gasteiger partial charge in [-0.1, -0.05) is 19.3 Å². The molecule has 2 fully saturated rings. The number of hydrogen-bond donors (Lipinski definition) is 0. The summed E-state index contributed by atoms with van der Waals surface area (Å²) >= 11 is 0. The summed E-state index contributed by atoms with van der Waals surface area (Å²) in [6.07, 6.45) is 12.1. The summed E-state index contributed by atoms with van der Waals surface area (Å²) in [5, 5.41) is 0. The zero-order valence-electron chi connectivity index (χ0n) is 13.1. The molecule has 1 atom stereocenters. The first-order chi connectivity index (χ1) is 10.2. The molecule has 1 aliphatic carbocycles. The second-order valence-corrected chi connectivity index (χ2v) is 6.05. The van der Waals surface area contributed by atoms with Crippen LogP contribution in [0, 0.1) is 5.92 Å². The molecule has 0 aromatic heterocycles. The predicted molar refractivity (Wildman–Crippen MR) is 81.7 cm³/mol. The van der Waals surface area contributed by atoms with Gasteiger partial charge >= 0.3 is 5.97 Å². The lowest BCUT2D eigenvalue weighted by Gasteiger charge is -2.33.